The third kappa shape index (κ3) is 6.07. The Bertz CT molecular complexity index is 2300. The van der Waals surface area contributed by atoms with Crippen LogP contribution in [-0.4, -0.2) is 32.9 Å². The fourth-order valence-corrected chi connectivity index (χ4v) is 6.04. The minimum absolute atomic E-state index is 0.111. The molecule has 3 aromatic carbocycles. The zero-order valence-corrected chi connectivity index (χ0v) is 25.3. The van der Waals surface area contributed by atoms with E-state index >= 15 is 0 Å². The number of aromatic nitrogens is 5. The smallest absolute Gasteiger partial charge is 0.269 e. The minimum Gasteiger partial charge on any atom is -0.368 e. The van der Waals surface area contributed by atoms with Crippen LogP contribution in [0.2, 0.25) is 0 Å². The number of sulfonamides is 1. The first-order valence-corrected chi connectivity index (χ1v) is 15.6. The monoisotopic (exact) mass is 658 g/mol. The molecule has 0 saturated heterocycles. The Hall–Kier alpha value is -5.83. The summed E-state index contributed by atoms with van der Waals surface area (Å²) in [6.45, 7) is 1.84. The van der Waals surface area contributed by atoms with Gasteiger partial charge in [-0.05, 0) is 48.9 Å². The zero-order chi connectivity index (χ0) is 33.3. The zero-order valence-electron chi connectivity index (χ0n) is 24.5. The predicted molar refractivity (Wildman–Crippen MR) is 171 cm³/mol. The molecule has 0 aliphatic rings. The number of fused-ring (bicyclic) bond motifs is 1. The molecule has 1 atom stereocenters. The van der Waals surface area contributed by atoms with Gasteiger partial charge in [0.15, 0.2) is 11.6 Å². The SMILES string of the molecule is CCC(Nc1nc(N)ncc1-c1cncc(S(=O)(=O)Nc2cccc(F)c2F)c1)c1nc2cccc(F)c2c(=O)n1-c1ccccc1. The van der Waals surface area contributed by atoms with E-state index in [2.05, 4.69) is 20.3 Å². The van der Waals surface area contributed by atoms with Gasteiger partial charge in [0.05, 0.1) is 22.9 Å². The van der Waals surface area contributed by atoms with Crippen LogP contribution in [0.25, 0.3) is 27.7 Å². The van der Waals surface area contributed by atoms with Gasteiger partial charge in [0.1, 0.15) is 27.7 Å². The van der Waals surface area contributed by atoms with Crippen LogP contribution in [0.3, 0.4) is 0 Å². The summed E-state index contributed by atoms with van der Waals surface area (Å²) < 4.78 is 72.5. The van der Waals surface area contributed by atoms with Gasteiger partial charge in [-0.25, -0.2) is 31.6 Å². The fraction of sp³-hybridized carbons (Fsp3) is 0.0938. The summed E-state index contributed by atoms with van der Waals surface area (Å²) in [5, 5.41) is 3.08. The Balaban J connectivity index is 1.43. The van der Waals surface area contributed by atoms with Crippen molar-refractivity contribution in [3.05, 3.63) is 125 Å². The number of anilines is 3. The molecule has 238 valence electrons. The molecule has 6 rings (SSSR count). The van der Waals surface area contributed by atoms with E-state index in [0.717, 1.165) is 24.4 Å². The number of halogens is 3. The van der Waals surface area contributed by atoms with Crippen molar-refractivity contribution >= 4 is 38.4 Å². The molecule has 6 aromatic rings. The van der Waals surface area contributed by atoms with Gasteiger partial charge in [-0.1, -0.05) is 37.3 Å². The van der Waals surface area contributed by atoms with E-state index in [0.29, 0.717) is 12.1 Å². The van der Waals surface area contributed by atoms with Crippen LogP contribution in [-0.2, 0) is 10.0 Å². The summed E-state index contributed by atoms with van der Waals surface area (Å²) in [4.78, 5) is 30.6. The molecule has 0 bridgehead atoms. The van der Waals surface area contributed by atoms with Crippen molar-refractivity contribution in [1.82, 2.24) is 24.5 Å². The van der Waals surface area contributed by atoms with Crippen molar-refractivity contribution in [3.63, 3.8) is 0 Å². The second-order valence-corrected chi connectivity index (χ2v) is 12.0. The van der Waals surface area contributed by atoms with Crippen molar-refractivity contribution in [3.8, 4) is 16.8 Å². The van der Waals surface area contributed by atoms with Gasteiger partial charge in [0.2, 0.25) is 5.95 Å². The van der Waals surface area contributed by atoms with E-state index in [1.807, 2.05) is 11.6 Å². The fourth-order valence-electron chi connectivity index (χ4n) is 5.00. The van der Waals surface area contributed by atoms with Crippen molar-refractivity contribution in [2.75, 3.05) is 15.8 Å². The maximum absolute atomic E-state index is 14.9. The molecule has 0 amide bonds. The maximum atomic E-state index is 14.9. The first kappa shape index (κ1) is 31.2. The van der Waals surface area contributed by atoms with E-state index in [4.69, 9.17) is 10.7 Å². The molecule has 0 aliphatic carbocycles. The highest BCUT2D eigenvalue weighted by atomic mass is 32.2. The highest BCUT2D eigenvalue weighted by Gasteiger charge is 2.25. The Morgan fingerprint density at radius 2 is 1.66 bits per heavy atom. The standard InChI is InChI=1S/C32H25F3N8O3S/c1-2-24(30-40-25-12-6-10-22(33)27(25)31(44)43(30)19-8-4-3-5-9-19)39-29-21(17-38-32(36)41-29)18-14-20(16-37-15-18)47(45,46)42-26-13-7-11-23(34)28(26)35/h3-17,24,42H,2H2,1H3,(H3,36,38,39,41). The average Bonchev–Trinajstić information content (AvgIpc) is 3.06. The Morgan fingerprint density at radius 3 is 2.43 bits per heavy atom. The molecule has 0 aliphatic heterocycles. The molecule has 1 unspecified atom stereocenters. The van der Waals surface area contributed by atoms with Crippen LogP contribution in [0.1, 0.15) is 25.2 Å². The number of hydrogen-bond donors (Lipinski definition) is 3. The third-order valence-electron chi connectivity index (χ3n) is 7.26. The van der Waals surface area contributed by atoms with Crippen LogP contribution in [0, 0.1) is 17.5 Å². The van der Waals surface area contributed by atoms with Gasteiger partial charge in [-0.3, -0.25) is 19.1 Å². The summed E-state index contributed by atoms with van der Waals surface area (Å²) >= 11 is 0. The molecule has 3 aromatic heterocycles. The van der Waals surface area contributed by atoms with E-state index in [-0.39, 0.29) is 44.5 Å². The average molecular weight is 659 g/mol. The van der Waals surface area contributed by atoms with Crippen LogP contribution in [0.4, 0.5) is 30.6 Å². The van der Waals surface area contributed by atoms with Gasteiger partial charge in [-0.2, -0.15) is 4.98 Å². The van der Waals surface area contributed by atoms with Gasteiger partial charge in [0, 0.05) is 29.7 Å². The highest BCUT2D eigenvalue weighted by Crippen LogP contribution is 2.32. The molecule has 11 nitrogen and oxygen atoms in total. The Kier molecular flexibility index (Phi) is 8.30. The van der Waals surface area contributed by atoms with E-state index in [9.17, 15) is 26.4 Å². The molecule has 0 fully saturated rings. The summed E-state index contributed by atoms with van der Waals surface area (Å²) in [5.74, 6) is -3.00. The van der Waals surface area contributed by atoms with Crippen LogP contribution in [0.5, 0.6) is 0 Å². The number of benzene rings is 3. The number of nitrogen functional groups attached to an aromatic ring is 1. The number of nitrogens with one attached hydrogen (secondary N) is 2. The van der Waals surface area contributed by atoms with Crippen molar-refractivity contribution in [2.45, 2.75) is 24.3 Å². The summed E-state index contributed by atoms with van der Waals surface area (Å²) in [6.07, 6.45) is 4.12. The van der Waals surface area contributed by atoms with Gasteiger partial charge < -0.3 is 11.1 Å². The predicted octanol–water partition coefficient (Wildman–Crippen LogP) is 5.60. The van der Waals surface area contributed by atoms with Gasteiger partial charge in [0.25, 0.3) is 15.6 Å². The van der Waals surface area contributed by atoms with Crippen LogP contribution in [0.15, 0.2) is 101 Å². The molecule has 15 heteroatoms. The van der Waals surface area contributed by atoms with Crippen molar-refractivity contribution in [2.24, 2.45) is 0 Å². The maximum Gasteiger partial charge on any atom is 0.269 e. The lowest BCUT2D eigenvalue weighted by molar-refractivity contribution is 0.511. The minimum atomic E-state index is -4.42. The van der Waals surface area contributed by atoms with Gasteiger partial charge in [-0.15, -0.1) is 0 Å². The molecular weight excluding hydrogens is 633 g/mol. The number of para-hydroxylation sites is 1. The highest BCUT2D eigenvalue weighted by molar-refractivity contribution is 7.92. The Labute approximate surface area is 266 Å². The lowest BCUT2D eigenvalue weighted by atomic mass is 10.1. The first-order valence-electron chi connectivity index (χ1n) is 14.1. The Morgan fingerprint density at radius 1 is 0.915 bits per heavy atom. The first-order chi connectivity index (χ1) is 22.6. The molecule has 4 N–H and O–H groups in total. The van der Waals surface area contributed by atoms with E-state index in [1.165, 1.54) is 35.2 Å². The molecule has 0 spiro atoms. The quantitative estimate of drug-likeness (QED) is 0.180. The second kappa shape index (κ2) is 12.5. The number of nitrogens with two attached hydrogens (primary N) is 1. The molecule has 47 heavy (non-hydrogen) atoms. The molecule has 3 heterocycles. The number of nitrogens with zero attached hydrogens (tertiary/aromatic N) is 5. The second-order valence-electron chi connectivity index (χ2n) is 10.3. The normalized spacial score (nSPS) is 12.2. The number of pyridine rings is 1. The third-order valence-corrected chi connectivity index (χ3v) is 8.59. The van der Waals surface area contributed by atoms with Crippen molar-refractivity contribution < 1.29 is 21.6 Å². The summed E-state index contributed by atoms with van der Waals surface area (Å²) in [6, 6.07) is 16.5. The number of rotatable bonds is 9. The van der Waals surface area contributed by atoms with E-state index < -0.39 is 44.8 Å². The molecule has 0 radical (unpaired) electrons. The lowest BCUT2D eigenvalue weighted by Crippen LogP contribution is -2.29. The summed E-state index contributed by atoms with van der Waals surface area (Å²) in [7, 11) is -4.42. The van der Waals surface area contributed by atoms with Crippen LogP contribution < -0.4 is 21.3 Å². The van der Waals surface area contributed by atoms with Crippen LogP contribution >= 0.6 is 0 Å². The van der Waals surface area contributed by atoms with Crippen molar-refractivity contribution in [1.29, 1.82) is 0 Å². The summed E-state index contributed by atoms with van der Waals surface area (Å²) in [5.41, 5.74) is 5.88. The largest absolute Gasteiger partial charge is 0.368 e. The lowest BCUT2D eigenvalue weighted by Gasteiger charge is -2.23. The number of hydrogen-bond acceptors (Lipinski definition) is 9. The molecular formula is C32H25F3N8O3S. The van der Waals surface area contributed by atoms with E-state index in [1.54, 1.807) is 36.4 Å². The van der Waals surface area contributed by atoms with Gasteiger partial charge >= 0.3 is 0 Å². The topological polar surface area (TPSA) is 158 Å². The molecule has 0 saturated carbocycles.